The molecule has 0 atom stereocenters. The van der Waals surface area contributed by atoms with Gasteiger partial charge in [0.15, 0.2) is 4.34 Å². The molecule has 0 radical (unpaired) electrons. The first-order chi connectivity index (χ1) is 12.7. The number of carbonyl (C=O) groups is 1. The number of thiazole rings is 1. The minimum absolute atomic E-state index is 0.0410. The van der Waals surface area contributed by atoms with Gasteiger partial charge in [-0.15, -0.1) is 11.3 Å². The van der Waals surface area contributed by atoms with Crippen LogP contribution in [0.5, 0.6) is 0 Å². The molecular formula is C19H19N3O3S2. The van der Waals surface area contributed by atoms with Gasteiger partial charge in [-0.25, -0.2) is 4.98 Å². The van der Waals surface area contributed by atoms with Gasteiger partial charge in [0.2, 0.25) is 5.91 Å². The summed E-state index contributed by atoms with van der Waals surface area (Å²) in [5, 5.41) is 13.8. The molecule has 3 rings (SSSR count). The normalized spacial score (nSPS) is 11.5. The zero-order valence-electron chi connectivity index (χ0n) is 15.2. The maximum atomic E-state index is 12.4. The molecule has 1 heterocycles. The van der Waals surface area contributed by atoms with Crippen LogP contribution in [0.15, 0.2) is 46.8 Å². The summed E-state index contributed by atoms with van der Waals surface area (Å²) < 4.78 is 1.45. The average molecular weight is 402 g/mol. The number of nitrogens with zero attached hydrogens (tertiary/aromatic N) is 2. The lowest BCUT2D eigenvalue weighted by molar-refractivity contribution is -0.384. The van der Waals surface area contributed by atoms with Crippen LogP contribution in [0.25, 0.3) is 10.2 Å². The van der Waals surface area contributed by atoms with Gasteiger partial charge in [0.1, 0.15) is 0 Å². The van der Waals surface area contributed by atoms with Crippen molar-refractivity contribution in [2.75, 3.05) is 11.1 Å². The molecule has 8 heteroatoms. The number of hydrogen-bond donors (Lipinski definition) is 1. The second-order valence-corrected chi connectivity index (χ2v) is 9.27. The molecule has 3 aromatic rings. The van der Waals surface area contributed by atoms with Gasteiger partial charge < -0.3 is 5.32 Å². The molecule has 0 saturated heterocycles. The van der Waals surface area contributed by atoms with Crippen molar-refractivity contribution in [3.05, 3.63) is 58.1 Å². The van der Waals surface area contributed by atoms with E-state index in [-0.39, 0.29) is 22.8 Å². The largest absolute Gasteiger partial charge is 0.325 e. The Morgan fingerprint density at radius 2 is 2.00 bits per heavy atom. The molecule has 6 nitrogen and oxygen atoms in total. The third-order valence-corrected chi connectivity index (χ3v) is 6.06. The Morgan fingerprint density at radius 1 is 1.26 bits per heavy atom. The number of nitrogens with one attached hydrogen (secondary N) is 1. The molecular weight excluding hydrogens is 382 g/mol. The second kappa shape index (κ2) is 7.66. The minimum atomic E-state index is -0.425. The third-order valence-electron chi connectivity index (χ3n) is 3.90. The monoisotopic (exact) mass is 401 g/mol. The fourth-order valence-electron chi connectivity index (χ4n) is 2.63. The smallest absolute Gasteiger partial charge is 0.270 e. The summed E-state index contributed by atoms with van der Waals surface area (Å²) in [6.45, 7) is 6.31. The van der Waals surface area contributed by atoms with E-state index >= 15 is 0 Å². The van der Waals surface area contributed by atoms with E-state index in [1.54, 1.807) is 6.07 Å². The summed E-state index contributed by atoms with van der Waals surface area (Å²) in [7, 11) is 0. The molecule has 0 aliphatic heterocycles. The summed E-state index contributed by atoms with van der Waals surface area (Å²) in [6.07, 6.45) is 0. The Labute approximate surface area is 165 Å². The van der Waals surface area contributed by atoms with Crippen LogP contribution in [0.1, 0.15) is 26.3 Å². The van der Waals surface area contributed by atoms with E-state index in [1.165, 1.54) is 35.2 Å². The SMILES string of the molecule is CC(C)(C)c1ccccc1NC(=O)CSc1nc2ccc([N+](=O)[O-])cc2s1. The van der Waals surface area contributed by atoms with E-state index in [0.717, 1.165) is 16.0 Å². The molecule has 0 bridgehead atoms. The standard InChI is InChI=1S/C19H19N3O3S2/c1-19(2,3)13-6-4-5-7-14(13)20-17(23)11-26-18-21-15-9-8-12(22(24)25)10-16(15)27-18/h4-10H,11H2,1-3H3,(H,20,23). The van der Waals surface area contributed by atoms with Crippen LogP contribution in [-0.4, -0.2) is 21.6 Å². The molecule has 0 aliphatic carbocycles. The van der Waals surface area contributed by atoms with E-state index in [2.05, 4.69) is 31.1 Å². The number of nitro groups is 1. The predicted octanol–water partition coefficient (Wildman–Crippen LogP) is 5.23. The van der Waals surface area contributed by atoms with E-state index in [4.69, 9.17) is 0 Å². The quantitative estimate of drug-likeness (QED) is 0.359. The second-order valence-electron chi connectivity index (χ2n) is 7.02. The minimum Gasteiger partial charge on any atom is -0.325 e. The highest BCUT2D eigenvalue weighted by Crippen LogP contribution is 2.32. The molecule has 0 aliphatic rings. The molecule has 1 aromatic heterocycles. The highest BCUT2D eigenvalue weighted by Gasteiger charge is 2.19. The lowest BCUT2D eigenvalue weighted by Crippen LogP contribution is -2.19. The first kappa shape index (κ1) is 19.3. The fourth-order valence-corrected chi connectivity index (χ4v) is 4.53. The molecule has 1 N–H and O–H groups in total. The van der Waals surface area contributed by atoms with Crippen LogP contribution < -0.4 is 5.32 Å². The number of nitro benzene ring substituents is 1. The Balaban J connectivity index is 1.68. The van der Waals surface area contributed by atoms with E-state index in [0.29, 0.717) is 9.86 Å². The van der Waals surface area contributed by atoms with Gasteiger partial charge >= 0.3 is 0 Å². The van der Waals surface area contributed by atoms with Crippen LogP contribution in [0.2, 0.25) is 0 Å². The number of amides is 1. The van der Waals surface area contributed by atoms with Crippen molar-refractivity contribution in [3.8, 4) is 0 Å². The number of para-hydroxylation sites is 1. The number of carbonyl (C=O) groups excluding carboxylic acids is 1. The van der Waals surface area contributed by atoms with Gasteiger partial charge in [-0.3, -0.25) is 14.9 Å². The van der Waals surface area contributed by atoms with Gasteiger partial charge in [-0.2, -0.15) is 0 Å². The Hall–Kier alpha value is -2.45. The molecule has 0 fully saturated rings. The van der Waals surface area contributed by atoms with Crippen molar-refractivity contribution in [2.24, 2.45) is 0 Å². The maximum Gasteiger partial charge on any atom is 0.270 e. The topological polar surface area (TPSA) is 85.1 Å². The summed E-state index contributed by atoms with van der Waals surface area (Å²) in [4.78, 5) is 27.3. The molecule has 27 heavy (non-hydrogen) atoms. The summed E-state index contributed by atoms with van der Waals surface area (Å²) in [5.41, 5.74) is 2.57. The summed E-state index contributed by atoms with van der Waals surface area (Å²) >= 11 is 2.68. The number of benzene rings is 2. The first-order valence-corrected chi connectivity index (χ1v) is 10.1. The Kier molecular flexibility index (Phi) is 5.48. The van der Waals surface area contributed by atoms with Gasteiger partial charge in [-0.1, -0.05) is 50.7 Å². The number of rotatable bonds is 5. The average Bonchev–Trinajstić information content (AvgIpc) is 3.01. The van der Waals surface area contributed by atoms with E-state index in [1.807, 2.05) is 24.3 Å². The maximum absolute atomic E-state index is 12.4. The van der Waals surface area contributed by atoms with Crippen LogP contribution in [0.4, 0.5) is 11.4 Å². The van der Waals surface area contributed by atoms with Gasteiger partial charge in [0.05, 0.1) is 20.9 Å². The molecule has 2 aromatic carbocycles. The Morgan fingerprint density at radius 3 is 2.70 bits per heavy atom. The fraction of sp³-hybridized carbons (Fsp3) is 0.263. The lowest BCUT2D eigenvalue weighted by atomic mass is 9.86. The lowest BCUT2D eigenvalue weighted by Gasteiger charge is -2.22. The molecule has 1 amide bonds. The predicted molar refractivity (Wildman–Crippen MR) is 111 cm³/mol. The van der Waals surface area contributed by atoms with Crippen LogP contribution >= 0.6 is 23.1 Å². The van der Waals surface area contributed by atoms with Crippen molar-refractivity contribution in [1.29, 1.82) is 0 Å². The number of aromatic nitrogens is 1. The molecule has 0 saturated carbocycles. The first-order valence-electron chi connectivity index (χ1n) is 8.31. The van der Waals surface area contributed by atoms with E-state index < -0.39 is 4.92 Å². The van der Waals surface area contributed by atoms with Crippen molar-refractivity contribution < 1.29 is 9.72 Å². The van der Waals surface area contributed by atoms with Crippen molar-refractivity contribution in [2.45, 2.75) is 30.5 Å². The third kappa shape index (κ3) is 4.64. The summed E-state index contributed by atoms with van der Waals surface area (Å²) in [5.74, 6) is 0.113. The van der Waals surface area contributed by atoms with Crippen molar-refractivity contribution in [1.82, 2.24) is 4.98 Å². The zero-order chi connectivity index (χ0) is 19.6. The highest BCUT2D eigenvalue weighted by atomic mass is 32.2. The molecule has 140 valence electrons. The molecule has 0 unspecified atom stereocenters. The van der Waals surface area contributed by atoms with Crippen LogP contribution in [0, 0.1) is 10.1 Å². The number of thioether (sulfide) groups is 1. The number of anilines is 1. The van der Waals surface area contributed by atoms with Crippen LogP contribution in [-0.2, 0) is 10.2 Å². The zero-order valence-corrected chi connectivity index (χ0v) is 16.8. The van der Waals surface area contributed by atoms with Crippen LogP contribution in [0.3, 0.4) is 0 Å². The van der Waals surface area contributed by atoms with Crippen molar-refractivity contribution >= 4 is 50.6 Å². The van der Waals surface area contributed by atoms with Gasteiger partial charge in [0, 0.05) is 17.8 Å². The van der Waals surface area contributed by atoms with E-state index in [9.17, 15) is 14.9 Å². The van der Waals surface area contributed by atoms with Gasteiger partial charge in [-0.05, 0) is 23.1 Å². The number of fused-ring (bicyclic) bond motifs is 1. The highest BCUT2D eigenvalue weighted by molar-refractivity contribution is 8.01. The Bertz CT molecular complexity index is 1010. The number of non-ortho nitro benzene ring substituents is 1. The van der Waals surface area contributed by atoms with Gasteiger partial charge in [0.25, 0.3) is 5.69 Å². The molecule has 0 spiro atoms. The van der Waals surface area contributed by atoms with Crippen molar-refractivity contribution in [3.63, 3.8) is 0 Å². The summed E-state index contributed by atoms with van der Waals surface area (Å²) in [6, 6.07) is 12.4. The number of hydrogen-bond acceptors (Lipinski definition) is 6.